The lowest BCUT2D eigenvalue weighted by molar-refractivity contribution is 0.817. The Labute approximate surface area is 144 Å². The molecule has 0 radical (unpaired) electrons. The van der Waals surface area contributed by atoms with Crippen LogP contribution >= 0.6 is 11.8 Å². The first-order chi connectivity index (χ1) is 11.6. The van der Waals surface area contributed by atoms with Crippen molar-refractivity contribution >= 4 is 22.7 Å². The number of benzene rings is 2. The topological polar surface area (TPSA) is 58.7 Å². The monoisotopic (exact) mass is 335 g/mol. The Bertz CT molecular complexity index is 971. The zero-order valence-electron chi connectivity index (χ0n) is 13.6. The number of fused-ring (bicyclic) bond motifs is 1. The number of nitriles is 1. The van der Waals surface area contributed by atoms with Gasteiger partial charge in [-0.05, 0) is 43.2 Å². The third kappa shape index (κ3) is 3.06. The molecule has 3 rings (SSSR count). The maximum Gasteiger partial charge on any atom is 0.266 e. The summed E-state index contributed by atoms with van der Waals surface area (Å²) >= 11 is 1.29. The highest BCUT2D eigenvalue weighted by Crippen LogP contribution is 2.24. The van der Waals surface area contributed by atoms with Gasteiger partial charge in [-0.2, -0.15) is 5.26 Å². The zero-order valence-corrected chi connectivity index (χ0v) is 14.4. The van der Waals surface area contributed by atoms with Crippen molar-refractivity contribution in [1.29, 1.82) is 5.26 Å². The maximum atomic E-state index is 13.0. The highest BCUT2D eigenvalue weighted by molar-refractivity contribution is 8.00. The summed E-state index contributed by atoms with van der Waals surface area (Å²) in [5.41, 5.74) is 2.51. The van der Waals surface area contributed by atoms with Crippen molar-refractivity contribution in [3.05, 3.63) is 64.4 Å². The molecule has 0 aliphatic carbocycles. The van der Waals surface area contributed by atoms with Crippen molar-refractivity contribution in [3.63, 3.8) is 0 Å². The molecule has 1 atom stereocenters. The first kappa shape index (κ1) is 16.3. The van der Waals surface area contributed by atoms with Crippen molar-refractivity contribution in [2.24, 2.45) is 0 Å². The number of para-hydroxylation sites is 1. The fourth-order valence-corrected chi connectivity index (χ4v) is 3.30. The lowest BCUT2D eigenvalue weighted by Crippen LogP contribution is -2.22. The van der Waals surface area contributed by atoms with Crippen molar-refractivity contribution in [3.8, 4) is 11.8 Å². The molecule has 0 aliphatic heterocycles. The van der Waals surface area contributed by atoms with Crippen LogP contribution in [0.15, 0.2) is 58.5 Å². The predicted octanol–water partition coefficient (Wildman–Crippen LogP) is 3.95. The molecule has 0 aliphatic rings. The van der Waals surface area contributed by atoms with Crippen LogP contribution in [0.2, 0.25) is 0 Å². The van der Waals surface area contributed by atoms with Crippen molar-refractivity contribution in [1.82, 2.24) is 9.55 Å². The van der Waals surface area contributed by atoms with Crippen molar-refractivity contribution in [2.45, 2.75) is 30.7 Å². The minimum atomic E-state index is -0.292. The normalized spacial score (nSPS) is 12.0. The first-order valence-electron chi connectivity index (χ1n) is 7.81. The van der Waals surface area contributed by atoms with Gasteiger partial charge in [-0.15, -0.1) is 0 Å². The molecule has 120 valence electrons. The summed E-state index contributed by atoms with van der Waals surface area (Å²) in [7, 11) is 0. The molecule has 0 saturated heterocycles. The van der Waals surface area contributed by atoms with Gasteiger partial charge in [0.2, 0.25) is 0 Å². The lowest BCUT2D eigenvalue weighted by Gasteiger charge is -2.14. The van der Waals surface area contributed by atoms with Gasteiger partial charge in [-0.25, -0.2) is 4.98 Å². The first-order valence-corrected chi connectivity index (χ1v) is 8.69. The van der Waals surface area contributed by atoms with Crippen LogP contribution in [0.3, 0.4) is 0 Å². The summed E-state index contributed by atoms with van der Waals surface area (Å²) in [6.07, 6.45) is 0.943. The number of hydrogen-bond donors (Lipinski definition) is 0. The van der Waals surface area contributed by atoms with Gasteiger partial charge >= 0.3 is 0 Å². The van der Waals surface area contributed by atoms with Crippen LogP contribution in [0.25, 0.3) is 16.6 Å². The van der Waals surface area contributed by atoms with E-state index in [1.165, 1.54) is 17.3 Å². The minimum Gasteiger partial charge on any atom is -0.268 e. The molecule has 0 amide bonds. The molecule has 0 saturated carbocycles. The molecule has 0 fully saturated rings. The Morgan fingerprint density at radius 2 is 1.92 bits per heavy atom. The third-order valence-electron chi connectivity index (χ3n) is 3.81. The summed E-state index contributed by atoms with van der Waals surface area (Å²) < 4.78 is 1.60. The summed E-state index contributed by atoms with van der Waals surface area (Å²) in [5.74, 6) is 0. The van der Waals surface area contributed by atoms with Crippen LogP contribution in [-0.4, -0.2) is 14.8 Å². The smallest absolute Gasteiger partial charge is 0.266 e. The van der Waals surface area contributed by atoms with Gasteiger partial charge in [0.05, 0.1) is 27.9 Å². The van der Waals surface area contributed by atoms with Gasteiger partial charge in [0, 0.05) is 0 Å². The van der Waals surface area contributed by atoms with E-state index in [1.807, 2.05) is 42.5 Å². The summed E-state index contributed by atoms with van der Waals surface area (Å²) in [5, 5.41) is 9.94. The lowest BCUT2D eigenvalue weighted by atomic mass is 10.1. The summed E-state index contributed by atoms with van der Waals surface area (Å²) in [4.78, 5) is 17.6. The molecule has 1 heterocycles. The molecule has 4 nitrogen and oxygen atoms in total. The van der Waals surface area contributed by atoms with Gasteiger partial charge in [0.15, 0.2) is 5.16 Å². The van der Waals surface area contributed by atoms with Crippen LogP contribution in [0.4, 0.5) is 0 Å². The molecular weight excluding hydrogens is 318 g/mol. The van der Waals surface area contributed by atoms with Gasteiger partial charge in [0.1, 0.15) is 0 Å². The Morgan fingerprint density at radius 1 is 1.21 bits per heavy atom. The van der Waals surface area contributed by atoms with E-state index in [4.69, 9.17) is 5.26 Å². The number of nitrogens with zero attached hydrogens (tertiary/aromatic N) is 3. The van der Waals surface area contributed by atoms with Crippen LogP contribution in [0, 0.1) is 11.3 Å². The third-order valence-corrected chi connectivity index (χ3v) is 4.76. The molecule has 24 heavy (non-hydrogen) atoms. The van der Waals surface area contributed by atoms with E-state index >= 15 is 0 Å². The predicted molar refractivity (Wildman–Crippen MR) is 97.7 cm³/mol. The Morgan fingerprint density at radius 3 is 2.58 bits per heavy atom. The van der Waals surface area contributed by atoms with Gasteiger partial charge in [-0.3, -0.25) is 9.36 Å². The maximum absolute atomic E-state index is 13.0. The second-order valence-electron chi connectivity index (χ2n) is 5.46. The van der Waals surface area contributed by atoms with E-state index in [1.54, 1.807) is 17.6 Å². The number of aryl methyl sites for hydroxylation is 1. The Hall–Kier alpha value is -2.58. The molecule has 0 N–H and O–H groups in total. The van der Waals surface area contributed by atoms with E-state index in [0.29, 0.717) is 16.1 Å². The SMILES string of the molecule is CCc1ccc(-n2c(S[C@@H](C)C#N)nc3ccccc3c2=O)cc1. The second kappa shape index (κ2) is 6.90. The molecular formula is C19H17N3OS. The van der Waals surface area contributed by atoms with Crippen molar-refractivity contribution < 1.29 is 0 Å². The van der Waals surface area contributed by atoms with Gasteiger partial charge in [0.25, 0.3) is 5.56 Å². The molecule has 5 heteroatoms. The van der Waals surface area contributed by atoms with E-state index in [-0.39, 0.29) is 10.8 Å². The average Bonchev–Trinajstić information content (AvgIpc) is 2.62. The average molecular weight is 335 g/mol. The summed E-state index contributed by atoms with van der Waals surface area (Å²) in [6.45, 7) is 3.89. The van der Waals surface area contributed by atoms with Gasteiger partial charge < -0.3 is 0 Å². The fourth-order valence-electron chi connectivity index (χ4n) is 2.48. The van der Waals surface area contributed by atoms with E-state index in [9.17, 15) is 4.79 Å². The molecule has 3 aromatic rings. The second-order valence-corrected chi connectivity index (χ2v) is 6.77. The van der Waals surface area contributed by atoms with E-state index in [0.717, 1.165) is 12.1 Å². The van der Waals surface area contributed by atoms with Crippen molar-refractivity contribution in [2.75, 3.05) is 0 Å². The number of hydrogen-bond acceptors (Lipinski definition) is 4. The van der Waals surface area contributed by atoms with E-state index in [2.05, 4.69) is 18.0 Å². The minimum absolute atomic E-state index is 0.113. The summed E-state index contributed by atoms with van der Waals surface area (Å²) in [6, 6.07) is 17.4. The molecule has 0 unspecified atom stereocenters. The van der Waals surface area contributed by atoms with Crippen LogP contribution in [0.5, 0.6) is 0 Å². The highest BCUT2D eigenvalue weighted by atomic mass is 32.2. The number of thioether (sulfide) groups is 1. The molecule has 2 aromatic carbocycles. The van der Waals surface area contributed by atoms with Gasteiger partial charge in [-0.1, -0.05) is 43.0 Å². The molecule has 1 aromatic heterocycles. The Kier molecular flexibility index (Phi) is 4.68. The Balaban J connectivity index is 2.26. The number of rotatable bonds is 4. The molecule has 0 spiro atoms. The standard InChI is InChI=1S/C19H17N3OS/c1-3-14-8-10-15(11-9-14)22-18(23)16-6-4-5-7-17(16)21-19(22)24-13(2)12-20/h4-11,13H,3H2,1-2H3/t13-/m0/s1. The number of aromatic nitrogens is 2. The van der Waals surface area contributed by atoms with Crippen LogP contribution < -0.4 is 5.56 Å². The quantitative estimate of drug-likeness (QED) is 0.535. The van der Waals surface area contributed by atoms with Crippen LogP contribution in [0.1, 0.15) is 19.4 Å². The fraction of sp³-hybridized carbons (Fsp3) is 0.211. The largest absolute Gasteiger partial charge is 0.268 e. The zero-order chi connectivity index (χ0) is 17.1. The van der Waals surface area contributed by atoms with Crippen LogP contribution in [-0.2, 0) is 6.42 Å². The molecule has 0 bridgehead atoms. The highest BCUT2D eigenvalue weighted by Gasteiger charge is 2.15. The van der Waals surface area contributed by atoms with E-state index < -0.39 is 0 Å².